The highest BCUT2D eigenvalue weighted by Gasteiger charge is 2.31. The van der Waals surface area contributed by atoms with E-state index in [0.29, 0.717) is 5.88 Å². The summed E-state index contributed by atoms with van der Waals surface area (Å²) in [5, 5.41) is 3.46. The number of anilines is 1. The van der Waals surface area contributed by atoms with Gasteiger partial charge in [-0.1, -0.05) is 0 Å². The number of aryl methyl sites for hydroxylation is 1. The predicted molar refractivity (Wildman–Crippen MR) is 66.1 cm³/mol. The SMILES string of the molecule is Cc1ccnc(NC2(CCl)CCOCC2)c1. The van der Waals surface area contributed by atoms with Crippen LogP contribution in [0.15, 0.2) is 18.3 Å². The summed E-state index contributed by atoms with van der Waals surface area (Å²) in [6.45, 7) is 3.60. The van der Waals surface area contributed by atoms with Gasteiger partial charge in [-0.25, -0.2) is 4.98 Å². The van der Waals surface area contributed by atoms with Crippen LogP contribution in [0, 0.1) is 6.92 Å². The topological polar surface area (TPSA) is 34.2 Å². The number of alkyl halides is 1. The van der Waals surface area contributed by atoms with E-state index in [4.69, 9.17) is 16.3 Å². The van der Waals surface area contributed by atoms with Crippen LogP contribution in [0.4, 0.5) is 5.82 Å². The minimum atomic E-state index is -0.0550. The molecule has 2 rings (SSSR count). The number of nitrogens with one attached hydrogen (secondary N) is 1. The molecule has 1 N–H and O–H groups in total. The zero-order chi connectivity index (χ0) is 11.4. The molecule has 1 aliphatic heterocycles. The zero-order valence-corrected chi connectivity index (χ0v) is 10.3. The molecule has 1 fully saturated rings. The number of pyridine rings is 1. The van der Waals surface area contributed by atoms with Crippen molar-refractivity contribution in [1.29, 1.82) is 0 Å². The number of ether oxygens (including phenoxy) is 1. The normalized spacial score (nSPS) is 19.4. The van der Waals surface area contributed by atoms with E-state index < -0.39 is 0 Å². The van der Waals surface area contributed by atoms with E-state index in [0.717, 1.165) is 31.9 Å². The lowest BCUT2D eigenvalue weighted by Gasteiger charge is -2.36. The monoisotopic (exact) mass is 240 g/mol. The molecule has 1 saturated heterocycles. The van der Waals surface area contributed by atoms with Crippen molar-refractivity contribution in [1.82, 2.24) is 4.98 Å². The van der Waals surface area contributed by atoms with Gasteiger partial charge in [0.25, 0.3) is 0 Å². The summed E-state index contributed by atoms with van der Waals surface area (Å²) in [6, 6.07) is 4.03. The summed E-state index contributed by atoms with van der Waals surface area (Å²) in [5.74, 6) is 1.49. The largest absolute Gasteiger partial charge is 0.381 e. The molecule has 0 bridgehead atoms. The van der Waals surface area contributed by atoms with Gasteiger partial charge in [-0.3, -0.25) is 0 Å². The van der Waals surface area contributed by atoms with Crippen LogP contribution in [-0.2, 0) is 4.74 Å². The van der Waals surface area contributed by atoms with Gasteiger partial charge in [0, 0.05) is 25.3 Å². The molecule has 0 aromatic carbocycles. The Morgan fingerprint density at radius 1 is 1.50 bits per heavy atom. The Labute approximate surface area is 101 Å². The molecule has 0 spiro atoms. The van der Waals surface area contributed by atoms with Crippen molar-refractivity contribution in [3.63, 3.8) is 0 Å². The highest BCUT2D eigenvalue weighted by atomic mass is 35.5. The number of hydrogen-bond acceptors (Lipinski definition) is 3. The van der Waals surface area contributed by atoms with E-state index in [9.17, 15) is 0 Å². The summed E-state index contributed by atoms with van der Waals surface area (Å²) in [4.78, 5) is 4.32. The zero-order valence-electron chi connectivity index (χ0n) is 9.50. The van der Waals surface area contributed by atoms with Gasteiger partial charge in [0.2, 0.25) is 0 Å². The first kappa shape index (κ1) is 11.7. The lowest BCUT2D eigenvalue weighted by Crippen LogP contribution is -2.45. The third-order valence-corrected chi connectivity index (χ3v) is 3.53. The Morgan fingerprint density at radius 3 is 2.88 bits per heavy atom. The summed E-state index contributed by atoms with van der Waals surface area (Å²) >= 11 is 6.08. The van der Waals surface area contributed by atoms with Crippen LogP contribution >= 0.6 is 11.6 Å². The summed E-state index contributed by atoms with van der Waals surface area (Å²) in [5.41, 5.74) is 1.15. The van der Waals surface area contributed by atoms with Crippen LogP contribution < -0.4 is 5.32 Å². The average molecular weight is 241 g/mol. The minimum Gasteiger partial charge on any atom is -0.381 e. The van der Waals surface area contributed by atoms with Crippen LogP contribution in [0.1, 0.15) is 18.4 Å². The molecule has 0 aliphatic carbocycles. The quantitative estimate of drug-likeness (QED) is 0.825. The Balaban J connectivity index is 2.11. The van der Waals surface area contributed by atoms with E-state index >= 15 is 0 Å². The van der Waals surface area contributed by atoms with Crippen molar-refractivity contribution < 1.29 is 4.74 Å². The van der Waals surface area contributed by atoms with Crippen molar-refractivity contribution in [2.45, 2.75) is 25.3 Å². The van der Waals surface area contributed by atoms with Gasteiger partial charge in [0.1, 0.15) is 5.82 Å². The highest BCUT2D eigenvalue weighted by Crippen LogP contribution is 2.26. The number of nitrogens with zero attached hydrogens (tertiary/aromatic N) is 1. The van der Waals surface area contributed by atoms with Crippen molar-refractivity contribution in [3.05, 3.63) is 23.9 Å². The van der Waals surface area contributed by atoms with E-state index in [2.05, 4.69) is 17.2 Å². The molecule has 88 valence electrons. The van der Waals surface area contributed by atoms with Crippen LogP contribution in [0.25, 0.3) is 0 Å². The number of aromatic nitrogens is 1. The van der Waals surface area contributed by atoms with Crippen molar-refractivity contribution >= 4 is 17.4 Å². The van der Waals surface area contributed by atoms with Crippen molar-refractivity contribution in [2.24, 2.45) is 0 Å². The van der Waals surface area contributed by atoms with E-state index in [1.54, 1.807) is 0 Å². The molecule has 16 heavy (non-hydrogen) atoms. The molecule has 0 radical (unpaired) electrons. The van der Waals surface area contributed by atoms with Crippen molar-refractivity contribution in [3.8, 4) is 0 Å². The summed E-state index contributed by atoms with van der Waals surface area (Å²) < 4.78 is 5.37. The Kier molecular flexibility index (Phi) is 3.66. The standard InChI is InChI=1S/C12H17ClN2O/c1-10-2-5-14-11(8-10)15-12(9-13)3-6-16-7-4-12/h2,5,8H,3-4,6-7,9H2,1H3,(H,14,15). The van der Waals surface area contributed by atoms with Gasteiger partial charge < -0.3 is 10.1 Å². The predicted octanol–water partition coefficient (Wildman–Crippen LogP) is 2.59. The Hall–Kier alpha value is -0.800. The third kappa shape index (κ3) is 2.66. The molecular weight excluding hydrogens is 224 g/mol. The number of rotatable bonds is 3. The minimum absolute atomic E-state index is 0.0550. The molecule has 4 heteroatoms. The first-order chi connectivity index (χ1) is 7.74. The van der Waals surface area contributed by atoms with E-state index in [-0.39, 0.29) is 5.54 Å². The molecule has 1 aromatic heterocycles. The Bertz CT molecular complexity index is 351. The maximum atomic E-state index is 6.08. The molecule has 3 nitrogen and oxygen atoms in total. The fraction of sp³-hybridized carbons (Fsp3) is 0.583. The van der Waals surface area contributed by atoms with E-state index in [1.807, 2.05) is 18.3 Å². The first-order valence-electron chi connectivity index (χ1n) is 5.59. The Morgan fingerprint density at radius 2 is 2.25 bits per heavy atom. The lowest BCUT2D eigenvalue weighted by molar-refractivity contribution is 0.0666. The third-order valence-electron chi connectivity index (χ3n) is 3.01. The fourth-order valence-corrected chi connectivity index (χ4v) is 2.26. The fourth-order valence-electron chi connectivity index (χ4n) is 1.93. The van der Waals surface area contributed by atoms with Crippen LogP contribution in [0.5, 0.6) is 0 Å². The molecule has 0 amide bonds. The lowest BCUT2D eigenvalue weighted by atomic mass is 9.92. The average Bonchev–Trinajstić information content (AvgIpc) is 2.30. The summed E-state index contributed by atoms with van der Waals surface area (Å²) in [6.07, 6.45) is 3.69. The maximum absolute atomic E-state index is 6.08. The van der Waals surface area contributed by atoms with Crippen LogP contribution in [0.3, 0.4) is 0 Å². The molecular formula is C12H17ClN2O. The van der Waals surface area contributed by atoms with Gasteiger partial charge in [-0.05, 0) is 37.5 Å². The highest BCUT2D eigenvalue weighted by molar-refractivity contribution is 6.18. The smallest absolute Gasteiger partial charge is 0.126 e. The van der Waals surface area contributed by atoms with Gasteiger partial charge in [-0.2, -0.15) is 0 Å². The molecule has 1 aliphatic rings. The molecule has 0 atom stereocenters. The van der Waals surface area contributed by atoms with Crippen LogP contribution in [-0.4, -0.2) is 29.6 Å². The molecule has 2 heterocycles. The van der Waals surface area contributed by atoms with E-state index in [1.165, 1.54) is 5.56 Å². The second kappa shape index (κ2) is 5.02. The molecule has 0 saturated carbocycles. The maximum Gasteiger partial charge on any atom is 0.126 e. The van der Waals surface area contributed by atoms with Gasteiger partial charge >= 0.3 is 0 Å². The second-order valence-electron chi connectivity index (χ2n) is 4.37. The number of halogens is 1. The van der Waals surface area contributed by atoms with Gasteiger partial charge in [0.05, 0.1) is 5.54 Å². The first-order valence-corrected chi connectivity index (χ1v) is 6.12. The second-order valence-corrected chi connectivity index (χ2v) is 4.64. The molecule has 1 aromatic rings. The van der Waals surface area contributed by atoms with Crippen molar-refractivity contribution in [2.75, 3.05) is 24.4 Å². The summed E-state index contributed by atoms with van der Waals surface area (Å²) in [7, 11) is 0. The van der Waals surface area contributed by atoms with Gasteiger partial charge in [0.15, 0.2) is 0 Å². The van der Waals surface area contributed by atoms with Crippen LogP contribution in [0.2, 0.25) is 0 Å². The number of hydrogen-bond donors (Lipinski definition) is 1. The molecule has 0 unspecified atom stereocenters. The van der Waals surface area contributed by atoms with Gasteiger partial charge in [-0.15, -0.1) is 11.6 Å².